The molecule has 13 atom stereocenters. The highest BCUT2D eigenvalue weighted by Crippen LogP contribution is 2.21. The molecule has 0 aliphatic carbocycles. The lowest BCUT2D eigenvalue weighted by molar-refractivity contribution is -0.144. The molecule has 33 nitrogen and oxygen atoms in total. The van der Waals surface area contributed by atoms with E-state index in [0.29, 0.717) is 5.56 Å². The van der Waals surface area contributed by atoms with Crippen LogP contribution in [0.3, 0.4) is 0 Å². The van der Waals surface area contributed by atoms with Crippen LogP contribution < -0.4 is 70.4 Å². The van der Waals surface area contributed by atoms with Crippen LogP contribution in [-0.4, -0.2) is 194 Å². The zero-order valence-corrected chi connectivity index (χ0v) is 53.4. The van der Waals surface area contributed by atoms with Crippen LogP contribution in [-0.2, 0) is 59.2 Å². The molecule has 0 aliphatic heterocycles. The molecule has 0 bridgehead atoms. The maximum Gasteiger partial charge on any atom is 0.408 e. The molecule has 0 spiro atoms. The summed E-state index contributed by atoms with van der Waals surface area (Å²) in [6, 6.07) is -3.87. The molecule has 1 heterocycles. The summed E-state index contributed by atoms with van der Waals surface area (Å²) in [6.07, 6.45) is -4.84. The number of aliphatic hydroxyl groups excluding tert-OH is 4. The quantitative estimate of drug-likeness (QED) is 0.0181. The average Bonchev–Trinajstić information content (AvgIpc) is 0.879. The number of nitrogens with one attached hydrogen (secondary N) is 10. The van der Waals surface area contributed by atoms with E-state index in [-0.39, 0.29) is 56.3 Å². The topological polar surface area (TPSA) is 531 Å². The number of carboxylic acids is 1. The lowest BCUT2D eigenvalue weighted by Gasteiger charge is -2.33. The number of alkyl carbamates (subject to hydrolysis) is 2. The van der Waals surface area contributed by atoms with E-state index in [4.69, 9.17) is 26.7 Å². The Bertz CT molecular complexity index is 2840. The standard InChI is InChI=1S/C59H93N15O18/c1-12-31(6)40(51(83)71-41(33(8)76)50(82)65-26-39(77)69-45(47(79)32(7)60)54(86)68-38(27-75)55(87)88)70-48(80)36(21-17-23-64-56(61)62)66-49(81)37(24-29(2)3)67-53(85)44(46(78)30(4)5)72-52(84)43(74-57(89)91-28-34-18-14-13-15-19-34)42(35-20-16-22-63-25-35)73-58(90)92-59(9,10)11/h13-16,18-20,22,25,29-31,33,36-38,40-47,75-76,78-79H,7,12,17,21,23-24,26-28,60H2,1-6,8-11H3,(H,65,82)(H,66,81)(H,67,85)(H,68,86)(H,69,77)(H,70,80)(H,71,83)(H,72,84)(H,73,90)(H,74,89)(H,87,88)(H4,61,62,64)/t31-,33-,36+,37-,38-,40-,41-,42+,43-,44?,45?,46+,47+/m0/s1. The molecular weight excluding hydrogens is 1210 g/mol. The number of hydrogen-bond acceptors (Lipinski definition) is 20. The van der Waals surface area contributed by atoms with Crippen molar-refractivity contribution in [3.8, 4) is 0 Å². The number of aliphatic carboxylic acids is 1. The first kappa shape index (κ1) is 78.9. The van der Waals surface area contributed by atoms with Crippen molar-refractivity contribution >= 4 is 71.4 Å². The van der Waals surface area contributed by atoms with Gasteiger partial charge in [-0.05, 0) is 81.9 Å². The number of aliphatic imine (C=N–C) groups is 1. The second-order valence-electron chi connectivity index (χ2n) is 23.5. The summed E-state index contributed by atoms with van der Waals surface area (Å²) in [4.78, 5) is 159. The van der Waals surface area contributed by atoms with Gasteiger partial charge in [0.05, 0.1) is 31.4 Å². The Hall–Kier alpha value is -9.21. The first-order valence-electron chi connectivity index (χ1n) is 29.6. The maximum absolute atomic E-state index is 14.8. The molecule has 1 aromatic carbocycles. The predicted molar refractivity (Wildman–Crippen MR) is 332 cm³/mol. The molecule has 0 aliphatic rings. The summed E-state index contributed by atoms with van der Waals surface area (Å²) in [5.41, 5.74) is 15.8. The molecule has 0 saturated carbocycles. The number of guanidine groups is 1. The van der Waals surface area contributed by atoms with Crippen LogP contribution in [0.4, 0.5) is 9.59 Å². The largest absolute Gasteiger partial charge is 0.480 e. The number of aliphatic hydroxyl groups is 4. The summed E-state index contributed by atoms with van der Waals surface area (Å²) < 4.78 is 11.0. The van der Waals surface area contributed by atoms with Gasteiger partial charge in [-0.25, -0.2) is 14.4 Å². The number of pyridine rings is 1. The number of amides is 10. The van der Waals surface area contributed by atoms with Crippen molar-refractivity contribution < 1.29 is 87.7 Å². The molecule has 10 amide bonds. The Morgan fingerprint density at radius 3 is 1.75 bits per heavy atom. The smallest absolute Gasteiger partial charge is 0.408 e. The Morgan fingerprint density at radius 2 is 1.22 bits per heavy atom. The fraction of sp³-hybridized carbons (Fsp3) is 0.576. The number of nitrogens with zero attached hydrogens (tertiary/aromatic N) is 2. The lowest BCUT2D eigenvalue weighted by atomic mass is 9.95. The average molecular weight is 1300 g/mol. The van der Waals surface area contributed by atoms with Gasteiger partial charge in [-0.1, -0.05) is 90.9 Å². The molecule has 0 saturated heterocycles. The van der Waals surface area contributed by atoms with Crippen LogP contribution in [0.5, 0.6) is 0 Å². The van der Waals surface area contributed by atoms with Gasteiger partial charge in [-0.15, -0.1) is 0 Å². The van der Waals surface area contributed by atoms with E-state index in [2.05, 4.69) is 64.4 Å². The molecule has 512 valence electrons. The number of carbonyl (C=O) groups is 11. The van der Waals surface area contributed by atoms with Crippen LogP contribution in [0.1, 0.15) is 112 Å². The third-order valence-corrected chi connectivity index (χ3v) is 13.7. The van der Waals surface area contributed by atoms with Crippen LogP contribution in [0.15, 0.2) is 72.1 Å². The molecule has 92 heavy (non-hydrogen) atoms. The number of carboxylic acid groups (broad SMARTS) is 1. The molecule has 33 heteroatoms. The van der Waals surface area contributed by atoms with Gasteiger partial charge in [0, 0.05) is 24.6 Å². The summed E-state index contributed by atoms with van der Waals surface area (Å²) in [5, 5.41) is 75.4. The Morgan fingerprint density at radius 1 is 0.652 bits per heavy atom. The van der Waals surface area contributed by atoms with Crippen molar-refractivity contribution in [3.05, 3.63) is 78.3 Å². The number of hydrogen-bond donors (Lipinski definition) is 18. The molecule has 1 aromatic heterocycles. The predicted octanol–water partition coefficient (Wildman–Crippen LogP) is -3.09. The minimum atomic E-state index is -2.00. The normalized spacial score (nSPS) is 15.5. The van der Waals surface area contributed by atoms with E-state index >= 15 is 0 Å². The number of rotatable bonds is 37. The van der Waals surface area contributed by atoms with Crippen LogP contribution in [0.25, 0.3) is 0 Å². The number of aromatic nitrogens is 1. The van der Waals surface area contributed by atoms with E-state index in [1.54, 1.807) is 78.8 Å². The highest BCUT2D eigenvalue weighted by molar-refractivity contribution is 5.98. The molecule has 2 unspecified atom stereocenters. The van der Waals surface area contributed by atoms with Gasteiger partial charge in [0.15, 0.2) is 5.96 Å². The van der Waals surface area contributed by atoms with Crippen molar-refractivity contribution in [2.24, 2.45) is 39.9 Å². The van der Waals surface area contributed by atoms with Crippen LogP contribution >= 0.6 is 0 Å². The molecular formula is C59H93N15O18. The van der Waals surface area contributed by atoms with Crippen molar-refractivity contribution in [2.75, 3.05) is 19.7 Å². The van der Waals surface area contributed by atoms with Gasteiger partial charge in [-0.3, -0.25) is 48.3 Å². The van der Waals surface area contributed by atoms with Crippen molar-refractivity contribution in [2.45, 2.75) is 180 Å². The molecule has 21 N–H and O–H groups in total. The van der Waals surface area contributed by atoms with E-state index < -0.39 is 174 Å². The third kappa shape index (κ3) is 27.5. The van der Waals surface area contributed by atoms with E-state index in [9.17, 15) is 78.3 Å². The first-order chi connectivity index (χ1) is 43.0. The number of benzene rings is 1. The van der Waals surface area contributed by atoms with Crippen molar-refractivity contribution in [1.29, 1.82) is 0 Å². The second-order valence-corrected chi connectivity index (χ2v) is 23.5. The maximum atomic E-state index is 14.8. The summed E-state index contributed by atoms with van der Waals surface area (Å²) >= 11 is 0. The highest BCUT2D eigenvalue weighted by atomic mass is 16.6. The summed E-state index contributed by atoms with van der Waals surface area (Å²) in [7, 11) is 0. The summed E-state index contributed by atoms with van der Waals surface area (Å²) in [6.45, 7) is 16.6. The van der Waals surface area contributed by atoms with Gasteiger partial charge in [0.2, 0.25) is 47.3 Å². The van der Waals surface area contributed by atoms with E-state index in [1.807, 2.05) is 5.32 Å². The first-order valence-corrected chi connectivity index (χ1v) is 29.6. The minimum absolute atomic E-state index is 0.0406. The molecule has 2 rings (SSSR count). The SMILES string of the molecule is C=C(N)[C@@H](O)C(NC(=O)CNC(=O)[C@@H](NC(=O)[C@@H](NC(=O)[C@@H](CCCN=C(N)N)NC(=O)[C@H](CC(C)C)NC(=O)C(NC(=O)[C@@H](NC(=O)OCc1ccccc1)[C@H](NC(=O)OC(C)(C)C)c1cccnc1)[C@H](O)C(C)C)[C@@H](C)CC)[C@H](C)O)C(=O)N[C@@H](CO)C(=O)O. The third-order valence-electron chi connectivity index (χ3n) is 13.7. The van der Waals surface area contributed by atoms with E-state index in [0.717, 1.165) is 6.92 Å². The second kappa shape index (κ2) is 38.5. The highest BCUT2D eigenvalue weighted by Gasteiger charge is 2.41. The Balaban J connectivity index is 2.56. The van der Waals surface area contributed by atoms with Gasteiger partial charge in [0.25, 0.3) is 0 Å². The van der Waals surface area contributed by atoms with E-state index in [1.165, 1.54) is 38.4 Å². The zero-order valence-electron chi connectivity index (χ0n) is 53.4. The Kier molecular flexibility index (Phi) is 33.0. The van der Waals surface area contributed by atoms with Gasteiger partial charge >= 0.3 is 18.2 Å². The summed E-state index contributed by atoms with van der Waals surface area (Å²) in [5.74, 6) is -12.6. The lowest BCUT2D eigenvalue weighted by Crippen LogP contribution is -2.63. The van der Waals surface area contributed by atoms with Crippen LogP contribution in [0.2, 0.25) is 0 Å². The van der Waals surface area contributed by atoms with Crippen molar-refractivity contribution in [3.63, 3.8) is 0 Å². The minimum Gasteiger partial charge on any atom is -0.480 e. The van der Waals surface area contributed by atoms with Gasteiger partial charge in [-0.2, -0.15) is 0 Å². The fourth-order valence-electron chi connectivity index (χ4n) is 8.54. The van der Waals surface area contributed by atoms with Gasteiger partial charge < -0.3 is 105 Å². The number of carbonyl (C=O) groups excluding carboxylic acids is 10. The molecule has 2 aromatic rings. The molecule has 0 radical (unpaired) electrons. The Labute approximate surface area is 533 Å². The number of ether oxygens (including phenoxy) is 2. The monoisotopic (exact) mass is 1300 g/mol. The van der Waals surface area contributed by atoms with Gasteiger partial charge in [0.1, 0.15) is 66.6 Å². The van der Waals surface area contributed by atoms with Crippen molar-refractivity contribution in [1.82, 2.24) is 58.2 Å². The zero-order chi connectivity index (χ0) is 69.7. The fourth-order valence-corrected chi connectivity index (χ4v) is 8.54. The number of nitrogens with two attached hydrogens (primary N) is 3. The van der Waals surface area contributed by atoms with Crippen LogP contribution in [0, 0.1) is 17.8 Å². The molecule has 0 fully saturated rings.